The normalized spacial score (nSPS) is 19.6. The van der Waals surface area contributed by atoms with Gasteiger partial charge in [-0.15, -0.1) is 0 Å². The van der Waals surface area contributed by atoms with Crippen molar-refractivity contribution >= 4 is 0 Å². The summed E-state index contributed by atoms with van der Waals surface area (Å²) in [6.07, 6.45) is 1.22. The lowest BCUT2D eigenvalue weighted by Crippen LogP contribution is -2.37. The van der Waals surface area contributed by atoms with Gasteiger partial charge in [-0.2, -0.15) is 0 Å². The first-order chi connectivity index (χ1) is 5.75. The fourth-order valence-corrected chi connectivity index (χ4v) is 1.91. The quantitative estimate of drug-likeness (QED) is 0.710. The number of hydrogen-bond donors (Lipinski definition) is 2. The second kappa shape index (κ2) is 4.43. The minimum atomic E-state index is -0.600. The summed E-state index contributed by atoms with van der Waals surface area (Å²) in [5, 5.41) is 18.6. The van der Waals surface area contributed by atoms with Crippen molar-refractivity contribution in [1.29, 1.82) is 0 Å². The molecule has 13 heavy (non-hydrogen) atoms. The topological polar surface area (TPSA) is 40.5 Å². The van der Waals surface area contributed by atoms with Gasteiger partial charge >= 0.3 is 0 Å². The van der Waals surface area contributed by atoms with Gasteiger partial charge in [0, 0.05) is 0 Å². The minimum absolute atomic E-state index is 0.138. The molecule has 0 bridgehead atoms. The van der Waals surface area contributed by atoms with Gasteiger partial charge in [0.15, 0.2) is 0 Å². The van der Waals surface area contributed by atoms with Crippen molar-refractivity contribution in [3.8, 4) is 0 Å². The van der Waals surface area contributed by atoms with Gasteiger partial charge < -0.3 is 10.2 Å². The van der Waals surface area contributed by atoms with E-state index in [0.717, 1.165) is 12.8 Å². The Kier molecular flexibility index (Phi) is 4.40. The first-order valence-corrected chi connectivity index (χ1v) is 5.04. The van der Waals surface area contributed by atoms with Crippen molar-refractivity contribution in [2.24, 2.45) is 10.8 Å². The first-order valence-electron chi connectivity index (χ1n) is 5.04. The van der Waals surface area contributed by atoms with Crippen molar-refractivity contribution < 1.29 is 10.2 Å². The van der Waals surface area contributed by atoms with Crippen LogP contribution in [0.15, 0.2) is 0 Å². The molecule has 0 aromatic rings. The third-order valence-electron chi connectivity index (χ3n) is 2.72. The molecule has 2 N–H and O–H groups in total. The highest BCUT2D eigenvalue weighted by molar-refractivity contribution is 4.85. The Hall–Kier alpha value is -0.0800. The minimum Gasteiger partial charge on any atom is -0.394 e. The van der Waals surface area contributed by atoms with Gasteiger partial charge in [-0.1, -0.05) is 34.6 Å². The van der Waals surface area contributed by atoms with E-state index in [2.05, 4.69) is 27.7 Å². The fraction of sp³-hybridized carbons (Fsp3) is 1.00. The number of aliphatic hydroxyl groups excluding tert-OH is 2. The van der Waals surface area contributed by atoms with Crippen LogP contribution in [0.1, 0.15) is 47.5 Å². The van der Waals surface area contributed by atoms with Gasteiger partial charge in [-0.25, -0.2) is 0 Å². The molecule has 0 aliphatic heterocycles. The summed E-state index contributed by atoms with van der Waals surface area (Å²) in [7, 11) is 0. The van der Waals surface area contributed by atoms with Crippen LogP contribution in [0.2, 0.25) is 0 Å². The molecule has 0 rings (SSSR count). The molecule has 0 aliphatic carbocycles. The molecule has 0 spiro atoms. The molecule has 2 heteroatoms. The van der Waals surface area contributed by atoms with E-state index >= 15 is 0 Å². The predicted molar refractivity (Wildman–Crippen MR) is 55.6 cm³/mol. The van der Waals surface area contributed by atoms with Crippen LogP contribution in [0.3, 0.4) is 0 Å². The zero-order chi connectivity index (χ0) is 10.7. The Bertz CT molecular complexity index is 149. The summed E-state index contributed by atoms with van der Waals surface area (Å²) in [5.74, 6) is 0. The highest BCUT2D eigenvalue weighted by Gasteiger charge is 2.34. The van der Waals surface area contributed by atoms with E-state index < -0.39 is 6.10 Å². The highest BCUT2D eigenvalue weighted by atomic mass is 16.3. The molecule has 2 nitrogen and oxygen atoms in total. The molecule has 0 aromatic carbocycles. The van der Waals surface area contributed by atoms with Crippen LogP contribution in [0.5, 0.6) is 0 Å². The van der Waals surface area contributed by atoms with Crippen LogP contribution in [0, 0.1) is 10.8 Å². The Morgan fingerprint density at radius 3 is 1.85 bits per heavy atom. The zero-order valence-corrected chi connectivity index (χ0v) is 9.59. The Labute approximate surface area is 82.0 Å². The van der Waals surface area contributed by atoms with E-state index in [1.54, 1.807) is 0 Å². The smallest absolute Gasteiger partial charge is 0.0824 e. The Morgan fingerprint density at radius 2 is 1.62 bits per heavy atom. The Morgan fingerprint density at radius 1 is 1.15 bits per heavy atom. The second-order valence-electron chi connectivity index (χ2n) is 5.44. The van der Waals surface area contributed by atoms with E-state index in [9.17, 15) is 5.11 Å². The van der Waals surface area contributed by atoms with Crippen LogP contribution in [-0.2, 0) is 0 Å². The number of hydrogen-bond acceptors (Lipinski definition) is 2. The molecule has 0 aromatic heterocycles. The molecule has 2 atom stereocenters. The summed E-state index contributed by atoms with van der Waals surface area (Å²) in [5.41, 5.74) is 0.0356. The third kappa shape index (κ3) is 4.10. The van der Waals surface area contributed by atoms with E-state index in [0.29, 0.717) is 0 Å². The average Bonchev–Trinajstić information content (AvgIpc) is 1.99. The average molecular weight is 188 g/mol. The maximum absolute atomic E-state index is 9.69. The lowest BCUT2D eigenvalue weighted by atomic mass is 9.70. The van der Waals surface area contributed by atoms with Crippen LogP contribution in [0.25, 0.3) is 0 Å². The summed E-state index contributed by atoms with van der Waals surface area (Å²) in [4.78, 5) is 0. The molecule has 0 fully saturated rings. The second-order valence-corrected chi connectivity index (χ2v) is 5.44. The highest BCUT2D eigenvalue weighted by Crippen LogP contribution is 2.38. The largest absolute Gasteiger partial charge is 0.394 e. The van der Waals surface area contributed by atoms with E-state index in [-0.39, 0.29) is 17.4 Å². The van der Waals surface area contributed by atoms with Gasteiger partial charge in [0.2, 0.25) is 0 Å². The Balaban J connectivity index is 4.45. The van der Waals surface area contributed by atoms with E-state index in [1.165, 1.54) is 0 Å². The summed E-state index contributed by atoms with van der Waals surface area (Å²) in [6, 6.07) is 0. The summed E-state index contributed by atoms with van der Waals surface area (Å²) >= 11 is 0. The standard InChI is InChI=1S/C11H24O2/c1-6-11(5,9(13)7-12)8-10(2,3)4/h9,12-13H,6-8H2,1-5H3. The van der Waals surface area contributed by atoms with Crippen LogP contribution in [0.4, 0.5) is 0 Å². The molecular formula is C11H24O2. The SMILES string of the molecule is CCC(C)(CC(C)(C)C)C(O)CO. The monoisotopic (exact) mass is 188 g/mol. The molecule has 0 saturated heterocycles. The molecule has 80 valence electrons. The molecule has 0 radical (unpaired) electrons. The molecule has 2 unspecified atom stereocenters. The third-order valence-corrected chi connectivity index (χ3v) is 2.72. The zero-order valence-electron chi connectivity index (χ0n) is 9.59. The molecular weight excluding hydrogens is 164 g/mol. The molecule has 0 aliphatic rings. The van der Waals surface area contributed by atoms with Crippen LogP contribution < -0.4 is 0 Å². The summed E-state index contributed by atoms with van der Waals surface area (Å²) < 4.78 is 0. The van der Waals surface area contributed by atoms with Gasteiger partial charge in [-0.05, 0) is 23.7 Å². The van der Waals surface area contributed by atoms with Crippen LogP contribution >= 0.6 is 0 Å². The lowest BCUT2D eigenvalue weighted by Gasteiger charge is -2.38. The molecule has 0 saturated carbocycles. The van der Waals surface area contributed by atoms with Gasteiger partial charge in [0.25, 0.3) is 0 Å². The first kappa shape index (κ1) is 12.9. The van der Waals surface area contributed by atoms with Crippen molar-refractivity contribution in [3.05, 3.63) is 0 Å². The number of rotatable bonds is 4. The predicted octanol–water partition coefficient (Wildman–Crippen LogP) is 2.19. The lowest BCUT2D eigenvalue weighted by molar-refractivity contribution is -0.0294. The van der Waals surface area contributed by atoms with Crippen molar-refractivity contribution in [1.82, 2.24) is 0 Å². The maximum Gasteiger partial charge on any atom is 0.0824 e. The summed E-state index contributed by atoms with van der Waals surface area (Å²) in [6.45, 7) is 10.4. The van der Waals surface area contributed by atoms with Crippen molar-refractivity contribution in [2.75, 3.05) is 6.61 Å². The molecule has 0 amide bonds. The van der Waals surface area contributed by atoms with Gasteiger partial charge in [0.1, 0.15) is 0 Å². The van der Waals surface area contributed by atoms with Crippen LogP contribution in [-0.4, -0.2) is 22.9 Å². The van der Waals surface area contributed by atoms with Crippen molar-refractivity contribution in [2.45, 2.75) is 53.6 Å². The van der Waals surface area contributed by atoms with Crippen molar-refractivity contribution in [3.63, 3.8) is 0 Å². The maximum atomic E-state index is 9.69. The fourth-order valence-electron chi connectivity index (χ4n) is 1.91. The molecule has 0 heterocycles. The van der Waals surface area contributed by atoms with E-state index in [1.807, 2.05) is 6.92 Å². The number of aliphatic hydroxyl groups is 2. The van der Waals surface area contributed by atoms with E-state index in [4.69, 9.17) is 5.11 Å². The van der Waals surface area contributed by atoms with Gasteiger partial charge in [-0.3, -0.25) is 0 Å². The van der Waals surface area contributed by atoms with Gasteiger partial charge in [0.05, 0.1) is 12.7 Å².